The zero-order valence-corrected chi connectivity index (χ0v) is 20.5. The van der Waals surface area contributed by atoms with E-state index in [1.165, 1.54) is 11.8 Å². The molecule has 8 heteroatoms. The molecular weight excluding hydrogens is 462 g/mol. The van der Waals surface area contributed by atoms with Gasteiger partial charge in [0, 0.05) is 7.11 Å². The van der Waals surface area contributed by atoms with Gasteiger partial charge in [0.2, 0.25) is 5.91 Å². The number of hydrogen-bond acceptors (Lipinski definition) is 6. The lowest BCUT2D eigenvalue weighted by Crippen LogP contribution is -2.27. The number of nitrogens with zero attached hydrogens (tertiary/aromatic N) is 2. The molecule has 0 spiro atoms. The summed E-state index contributed by atoms with van der Waals surface area (Å²) in [5.74, 6) is 0.357. The second-order valence-electron chi connectivity index (χ2n) is 7.69. The number of nitrogens with one attached hydrogen (secondary N) is 1. The zero-order chi connectivity index (χ0) is 24.6. The van der Waals surface area contributed by atoms with Gasteiger partial charge in [0.15, 0.2) is 5.16 Å². The van der Waals surface area contributed by atoms with Gasteiger partial charge >= 0.3 is 0 Å². The molecule has 1 heterocycles. The van der Waals surface area contributed by atoms with Gasteiger partial charge in [-0.05, 0) is 36.8 Å². The maximum absolute atomic E-state index is 13.6. The highest BCUT2D eigenvalue weighted by Gasteiger charge is 2.26. The molecule has 1 aromatic heterocycles. The molecule has 1 atom stereocenters. The third kappa shape index (κ3) is 5.72. The molecule has 1 amide bonds. The first-order valence-electron chi connectivity index (χ1n) is 11.3. The molecule has 35 heavy (non-hydrogen) atoms. The first-order chi connectivity index (χ1) is 17.1. The SMILES string of the molecule is CCOc1ccccc1NC(=O)[C@H](Sc1nc2ccccc2c(=O)n1CCOC)c1ccccc1. The number of aromatic nitrogens is 2. The minimum atomic E-state index is -0.660. The number of anilines is 1. The quantitative estimate of drug-likeness (QED) is 0.252. The second-order valence-corrected chi connectivity index (χ2v) is 8.76. The Bertz CT molecular complexity index is 1360. The molecule has 0 saturated carbocycles. The van der Waals surface area contributed by atoms with Crippen LogP contribution in [0.5, 0.6) is 5.75 Å². The molecule has 1 N–H and O–H groups in total. The Hall–Kier alpha value is -3.62. The number of thioether (sulfide) groups is 1. The van der Waals surface area contributed by atoms with E-state index in [2.05, 4.69) is 5.32 Å². The van der Waals surface area contributed by atoms with Crippen molar-refractivity contribution in [3.8, 4) is 5.75 Å². The second kappa shape index (κ2) is 11.7. The summed E-state index contributed by atoms with van der Waals surface area (Å²) in [4.78, 5) is 31.7. The van der Waals surface area contributed by atoms with Crippen molar-refractivity contribution in [3.63, 3.8) is 0 Å². The summed E-state index contributed by atoms with van der Waals surface area (Å²) < 4.78 is 12.5. The summed E-state index contributed by atoms with van der Waals surface area (Å²) in [7, 11) is 1.59. The van der Waals surface area contributed by atoms with Gasteiger partial charge in [0.05, 0.1) is 36.3 Å². The number of para-hydroxylation sites is 3. The van der Waals surface area contributed by atoms with E-state index in [1.807, 2.05) is 67.6 Å². The standard InChI is InChI=1S/C27H27N3O4S/c1-3-34-23-16-10-9-15-22(23)28-25(31)24(19-11-5-4-6-12-19)35-27-29-21-14-8-7-13-20(21)26(32)30(27)17-18-33-2/h4-16,24H,3,17-18H2,1-2H3,(H,28,31)/t24-/m1/s1. The number of hydrogen-bond donors (Lipinski definition) is 1. The van der Waals surface area contributed by atoms with Gasteiger partial charge in [-0.15, -0.1) is 0 Å². The van der Waals surface area contributed by atoms with Crippen LogP contribution in [0.3, 0.4) is 0 Å². The third-order valence-electron chi connectivity index (χ3n) is 5.35. The van der Waals surface area contributed by atoms with Crippen LogP contribution in [0.2, 0.25) is 0 Å². The molecule has 4 rings (SSSR count). The van der Waals surface area contributed by atoms with Crippen LogP contribution < -0.4 is 15.6 Å². The molecule has 0 radical (unpaired) electrons. The minimum Gasteiger partial charge on any atom is -0.492 e. The van der Waals surface area contributed by atoms with Crippen LogP contribution in [0.25, 0.3) is 10.9 Å². The van der Waals surface area contributed by atoms with Crippen molar-refractivity contribution in [2.75, 3.05) is 25.6 Å². The van der Waals surface area contributed by atoms with Gasteiger partial charge in [-0.1, -0.05) is 66.4 Å². The summed E-state index contributed by atoms with van der Waals surface area (Å²) in [5, 5.41) is 3.32. The minimum absolute atomic E-state index is 0.163. The molecule has 0 saturated heterocycles. The van der Waals surface area contributed by atoms with E-state index in [4.69, 9.17) is 14.5 Å². The van der Waals surface area contributed by atoms with Gasteiger partial charge in [-0.3, -0.25) is 14.2 Å². The normalized spacial score (nSPS) is 11.8. The van der Waals surface area contributed by atoms with Crippen LogP contribution in [-0.4, -0.2) is 35.8 Å². The fourth-order valence-corrected chi connectivity index (χ4v) is 4.80. The number of ether oxygens (including phenoxy) is 2. The average molecular weight is 490 g/mol. The summed E-state index contributed by atoms with van der Waals surface area (Å²) >= 11 is 1.24. The van der Waals surface area contributed by atoms with Crippen molar-refractivity contribution in [1.82, 2.24) is 9.55 Å². The zero-order valence-electron chi connectivity index (χ0n) is 19.6. The van der Waals surface area contributed by atoms with Gasteiger partial charge in [-0.25, -0.2) is 4.98 Å². The van der Waals surface area contributed by atoms with Crippen LogP contribution >= 0.6 is 11.8 Å². The Morgan fingerprint density at radius 3 is 2.51 bits per heavy atom. The molecule has 0 aliphatic rings. The lowest BCUT2D eigenvalue weighted by molar-refractivity contribution is -0.115. The van der Waals surface area contributed by atoms with E-state index >= 15 is 0 Å². The predicted molar refractivity (Wildman–Crippen MR) is 139 cm³/mol. The lowest BCUT2D eigenvalue weighted by Gasteiger charge is -2.20. The maximum Gasteiger partial charge on any atom is 0.262 e. The molecule has 0 fully saturated rings. The number of methoxy groups -OCH3 is 1. The Kier molecular flexibility index (Phi) is 8.18. The van der Waals surface area contributed by atoms with Crippen molar-refractivity contribution in [1.29, 1.82) is 0 Å². The monoisotopic (exact) mass is 489 g/mol. The summed E-state index contributed by atoms with van der Waals surface area (Å²) in [6, 6.07) is 24.0. The highest BCUT2D eigenvalue weighted by atomic mass is 32.2. The summed E-state index contributed by atoms with van der Waals surface area (Å²) in [6.45, 7) is 3.05. The van der Waals surface area contributed by atoms with Crippen LogP contribution in [0, 0.1) is 0 Å². The number of amides is 1. The number of benzene rings is 3. The van der Waals surface area contributed by atoms with Gasteiger partial charge in [0.25, 0.3) is 5.56 Å². The Morgan fingerprint density at radius 2 is 1.74 bits per heavy atom. The fraction of sp³-hybridized carbons (Fsp3) is 0.222. The fourth-order valence-electron chi connectivity index (χ4n) is 3.67. The maximum atomic E-state index is 13.6. The smallest absolute Gasteiger partial charge is 0.262 e. The highest BCUT2D eigenvalue weighted by Crippen LogP contribution is 2.36. The van der Waals surface area contributed by atoms with Gasteiger partial charge in [-0.2, -0.15) is 0 Å². The summed E-state index contributed by atoms with van der Waals surface area (Å²) in [6.07, 6.45) is 0. The van der Waals surface area contributed by atoms with Crippen molar-refractivity contribution in [2.24, 2.45) is 0 Å². The number of rotatable bonds is 10. The van der Waals surface area contributed by atoms with Crippen molar-refractivity contribution >= 4 is 34.3 Å². The Labute approximate surface area is 208 Å². The van der Waals surface area contributed by atoms with Crippen molar-refractivity contribution in [3.05, 3.63) is 94.8 Å². The van der Waals surface area contributed by atoms with Crippen LogP contribution in [-0.2, 0) is 16.1 Å². The average Bonchev–Trinajstić information content (AvgIpc) is 2.88. The predicted octanol–water partition coefficient (Wildman–Crippen LogP) is 4.91. The molecular formula is C27H27N3O4S. The van der Waals surface area contributed by atoms with E-state index < -0.39 is 5.25 Å². The summed E-state index contributed by atoms with van der Waals surface area (Å²) in [5.41, 5.74) is 1.81. The molecule has 180 valence electrons. The molecule has 0 aliphatic carbocycles. The topological polar surface area (TPSA) is 82.5 Å². The third-order valence-corrected chi connectivity index (χ3v) is 6.60. The first kappa shape index (κ1) is 24.5. The van der Waals surface area contributed by atoms with E-state index in [0.717, 1.165) is 5.56 Å². The number of carbonyl (C=O) groups excluding carboxylic acids is 1. The molecule has 0 unspecified atom stereocenters. The van der Waals surface area contributed by atoms with Gasteiger partial charge < -0.3 is 14.8 Å². The lowest BCUT2D eigenvalue weighted by atomic mass is 10.1. The van der Waals surface area contributed by atoms with Crippen LogP contribution in [0.4, 0.5) is 5.69 Å². The first-order valence-corrected chi connectivity index (χ1v) is 12.2. The Morgan fingerprint density at radius 1 is 1.03 bits per heavy atom. The molecule has 7 nitrogen and oxygen atoms in total. The van der Waals surface area contributed by atoms with E-state index in [-0.39, 0.29) is 11.5 Å². The molecule has 0 bridgehead atoms. The van der Waals surface area contributed by atoms with E-state index in [0.29, 0.717) is 47.3 Å². The Balaban J connectivity index is 1.75. The van der Waals surface area contributed by atoms with E-state index in [1.54, 1.807) is 29.9 Å². The van der Waals surface area contributed by atoms with Crippen molar-refractivity contribution < 1.29 is 14.3 Å². The largest absolute Gasteiger partial charge is 0.492 e. The molecule has 4 aromatic rings. The van der Waals surface area contributed by atoms with Crippen LogP contribution in [0.1, 0.15) is 17.7 Å². The van der Waals surface area contributed by atoms with Gasteiger partial charge in [0.1, 0.15) is 11.0 Å². The van der Waals surface area contributed by atoms with Crippen molar-refractivity contribution in [2.45, 2.75) is 23.9 Å². The molecule has 3 aromatic carbocycles. The molecule has 0 aliphatic heterocycles. The van der Waals surface area contributed by atoms with E-state index in [9.17, 15) is 9.59 Å². The highest BCUT2D eigenvalue weighted by molar-refractivity contribution is 8.00. The number of fused-ring (bicyclic) bond motifs is 1. The van der Waals surface area contributed by atoms with Crippen LogP contribution in [0.15, 0.2) is 88.8 Å². The number of carbonyl (C=O) groups is 1.